The van der Waals surface area contributed by atoms with Crippen LogP contribution in [0.25, 0.3) is 10.2 Å². The van der Waals surface area contributed by atoms with Gasteiger partial charge < -0.3 is 17.3 Å². The first-order chi connectivity index (χ1) is 11.9. The number of aromatic nitrogens is 1. The van der Waals surface area contributed by atoms with Gasteiger partial charge in [-0.1, -0.05) is 17.4 Å². The second-order valence-electron chi connectivity index (χ2n) is 6.18. The molecule has 0 spiro atoms. The molecule has 4 nitrogen and oxygen atoms in total. The summed E-state index contributed by atoms with van der Waals surface area (Å²) >= 11 is 6.48. The molecule has 140 valence electrons. The van der Waals surface area contributed by atoms with Crippen molar-refractivity contribution in [3.63, 3.8) is 0 Å². The molecule has 0 saturated heterocycles. The molecule has 0 unspecified atom stereocenters. The minimum atomic E-state index is 0. The average Bonchev–Trinajstić information content (AvgIpc) is 3.16. The monoisotopic (exact) mass is 472 g/mol. The molecule has 8 heteroatoms. The predicted molar refractivity (Wildman–Crippen MR) is 111 cm³/mol. The van der Waals surface area contributed by atoms with Gasteiger partial charge in [0, 0.05) is 6.54 Å². The van der Waals surface area contributed by atoms with E-state index in [2.05, 4.69) is 39.9 Å². The van der Waals surface area contributed by atoms with Crippen molar-refractivity contribution in [3.8, 4) is 0 Å². The van der Waals surface area contributed by atoms with E-state index in [0.717, 1.165) is 37.0 Å². The molecule has 0 aliphatic heterocycles. The molecule has 0 bridgehead atoms. The van der Waals surface area contributed by atoms with Gasteiger partial charge >= 0.3 is 0 Å². The Morgan fingerprint density at radius 1 is 1.15 bits per heavy atom. The lowest BCUT2D eigenvalue weighted by Crippen LogP contribution is -3.00. The number of thiazole rings is 1. The number of carbonyl (C=O) groups excluding carboxylic acids is 1. The van der Waals surface area contributed by atoms with Crippen molar-refractivity contribution in [1.29, 1.82) is 0 Å². The number of halogens is 2. The summed E-state index contributed by atoms with van der Waals surface area (Å²) in [6.07, 6.45) is 0.903. The summed E-state index contributed by atoms with van der Waals surface area (Å²) in [5.41, 5.74) is 2.15. The van der Waals surface area contributed by atoms with E-state index in [4.69, 9.17) is 4.98 Å². The van der Waals surface area contributed by atoms with Crippen LogP contribution in [-0.4, -0.2) is 43.0 Å². The van der Waals surface area contributed by atoms with Crippen LogP contribution < -0.4 is 17.3 Å². The summed E-state index contributed by atoms with van der Waals surface area (Å²) in [6, 6.07) is 9.99. The van der Waals surface area contributed by atoms with Crippen molar-refractivity contribution in [2.75, 3.05) is 32.1 Å². The number of anilines is 1. The first-order valence-corrected chi connectivity index (χ1v) is 10.5. The van der Waals surface area contributed by atoms with E-state index < -0.39 is 0 Å². The summed E-state index contributed by atoms with van der Waals surface area (Å²) < 4.78 is 2.08. The van der Waals surface area contributed by atoms with Crippen molar-refractivity contribution in [3.05, 3.63) is 44.6 Å². The third kappa shape index (κ3) is 5.04. The van der Waals surface area contributed by atoms with Crippen molar-refractivity contribution < 1.29 is 17.2 Å². The highest BCUT2D eigenvalue weighted by atomic mass is 79.9. The molecule has 2 heterocycles. The SMILES string of the molecule is Cc1ccc2nc(N(CCCN(C)C)C(=O)c3ccc(Br)s3)sc2c1.[Cl-]. The van der Waals surface area contributed by atoms with Crippen LogP contribution in [0.15, 0.2) is 34.1 Å². The fourth-order valence-corrected chi connectivity index (χ4v) is 4.95. The zero-order valence-corrected chi connectivity index (χ0v) is 18.8. The molecule has 0 saturated carbocycles. The van der Waals surface area contributed by atoms with Gasteiger partial charge in [-0.2, -0.15) is 0 Å². The highest BCUT2D eigenvalue weighted by Gasteiger charge is 2.22. The normalized spacial score (nSPS) is 11.0. The fraction of sp³-hybridized carbons (Fsp3) is 0.333. The van der Waals surface area contributed by atoms with Crippen LogP contribution in [0, 0.1) is 6.92 Å². The topological polar surface area (TPSA) is 36.4 Å². The molecule has 1 aromatic carbocycles. The van der Waals surface area contributed by atoms with Crippen LogP contribution in [0.4, 0.5) is 5.13 Å². The second-order valence-corrected chi connectivity index (χ2v) is 9.66. The first-order valence-electron chi connectivity index (χ1n) is 8.03. The zero-order valence-electron chi connectivity index (χ0n) is 14.8. The van der Waals surface area contributed by atoms with Crippen molar-refractivity contribution in [1.82, 2.24) is 9.88 Å². The van der Waals surface area contributed by atoms with Crippen molar-refractivity contribution in [2.45, 2.75) is 13.3 Å². The quantitative estimate of drug-likeness (QED) is 0.550. The molecule has 0 radical (unpaired) electrons. The Bertz CT molecular complexity index is 894. The van der Waals surface area contributed by atoms with E-state index >= 15 is 0 Å². The van der Waals surface area contributed by atoms with Gasteiger partial charge in [-0.25, -0.2) is 4.98 Å². The summed E-state index contributed by atoms with van der Waals surface area (Å²) in [5, 5.41) is 0.772. The summed E-state index contributed by atoms with van der Waals surface area (Å²) in [5.74, 6) is 0.0187. The molecular weight excluding hydrogens is 454 g/mol. The van der Waals surface area contributed by atoms with Crippen LogP contribution in [-0.2, 0) is 0 Å². The Hall–Kier alpha value is -0.990. The van der Waals surface area contributed by atoms with Gasteiger partial charge in [-0.05, 0) is 79.7 Å². The average molecular weight is 474 g/mol. The number of rotatable bonds is 6. The second kappa shape index (κ2) is 9.28. The van der Waals surface area contributed by atoms with Crippen LogP contribution in [0.1, 0.15) is 21.7 Å². The molecule has 0 aliphatic carbocycles. The Labute approximate surface area is 176 Å². The Morgan fingerprint density at radius 3 is 2.58 bits per heavy atom. The Balaban J connectivity index is 0.00000243. The van der Waals surface area contributed by atoms with Crippen molar-refractivity contribution >= 4 is 59.9 Å². The molecular formula is C18H20BrClN3OS2-. The number of amides is 1. The maximum atomic E-state index is 13.0. The third-order valence-electron chi connectivity index (χ3n) is 3.78. The van der Waals surface area contributed by atoms with Gasteiger partial charge in [0.2, 0.25) is 0 Å². The number of fused-ring (bicyclic) bond motifs is 1. The largest absolute Gasteiger partial charge is 1.00 e. The van der Waals surface area contributed by atoms with E-state index in [1.807, 2.05) is 37.2 Å². The molecule has 0 fully saturated rings. The van der Waals surface area contributed by atoms with E-state index in [0.29, 0.717) is 6.54 Å². The van der Waals surface area contributed by atoms with E-state index in [9.17, 15) is 4.79 Å². The first kappa shape index (κ1) is 21.3. The molecule has 26 heavy (non-hydrogen) atoms. The van der Waals surface area contributed by atoms with Gasteiger partial charge in [0.15, 0.2) is 5.13 Å². The maximum absolute atomic E-state index is 13.0. The van der Waals surface area contributed by atoms with Gasteiger partial charge in [0.05, 0.1) is 18.9 Å². The number of hydrogen-bond acceptors (Lipinski definition) is 5. The molecule has 0 atom stereocenters. The number of carbonyl (C=O) groups is 1. The molecule has 3 rings (SSSR count). The van der Waals surface area contributed by atoms with E-state index in [-0.39, 0.29) is 18.3 Å². The number of benzene rings is 1. The van der Waals surface area contributed by atoms with Crippen LogP contribution in [0.5, 0.6) is 0 Å². The Kier molecular flexibility index (Phi) is 7.61. The standard InChI is InChI=1S/C18H20BrN3OS2.ClH/c1-12-5-6-13-15(11-12)25-18(20-13)22(10-4-9-21(2)3)17(23)14-7-8-16(19)24-14;/h5-8,11H,4,9-10H2,1-3H3;1H/p-1. The summed E-state index contributed by atoms with van der Waals surface area (Å²) in [6.45, 7) is 3.66. The number of aryl methyl sites for hydroxylation is 1. The molecule has 1 amide bonds. The summed E-state index contributed by atoms with van der Waals surface area (Å²) in [7, 11) is 4.09. The number of hydrogen-bond donors (Lipinski definition) is 0. The maximum Gasteiger partial charge on any atom is 0.270 e. The summed E-state index contributed by atoms with van der Waals surface area (Å²) in [4.78, 5) is 22.4. The van der Waals surface area contributed by atoms with Gasteiger partial charge in [-0.15, -0.1) is 11.3 Å². The lowest BCUT2D eigenvalue weighted by molar-refractivity contribution is -0.0000127. The zero-order chi connectivity index (χ0) is 18.0. The van der Waals surface area contributed by atoms with E-state index in [1.165, 1.54) is 16.9 Å². The van der Waals surface area contributed by atoms with Gasteiger partial charge in [-0.3, -0.25) is 9.69 Å². The minimum Gasteiger partial charge on any atom is -1.00 e. The van der Waals surface area contributed by atoms with Crippen molar-refractivity contribution in [2.24, 2.45) is 0 Å². The highest BCUT2D eigenvalue weighted by Crippen LogP contribution is 2.32. The molecule has 3 aromatic rings. The van der Waals surface area contributed by atoms with Gasteiger partial charge in [0.1, 0.15) is 0 Å². The number of nitrogens with zero attached hydrogens (tertiary/aromatic N) is 3. The number of thiophene rings is 1. The Morgan fingerprint density at radius 2 is 1.92 bits per heavy atom. The highest BCUT2D eigenvalue weighted by molar-refractivity contribution is 9.11. The predicted octanol–water partition coefficient (Wildman–Crippen LogP) is 2.03. The van der Waals surface area contributed by atoms with Crippen LogP contribution in [0.3, 0.4) is 0 Å². The molecule has 0 N–H and O–H groups in total. The fourth-order valence-electron chi connectivity index (χ4n) is 2.53. The van der Waals surface area contributed by atoms with Crippen LogP contribution >= 0.6 is 38.6 Å². The van der Waals surface area contributed by atoms with Gasteiger partial charge in [0.25, 0.3) is 5.91 Å². The smallest absolute Gasteiger partial charge is 0.270 e. The third-order valence-corrected chi connectivity index (χ3v) is 6.43. The molecule has 2 aromatic heterocycles. The molecule has 0 aliphatic rings. The van der Waals surface area contributed by atoms with Crippen LogP contribution in [0.2, 0.25) is 0 Å². The lowest BCUT2D eigenvalue weighted by Gasteiger charge is -2.20. The van der Waals surface area contributed by atoms with E-state index in [1.54, 1.807) is 11.3 Å². The minimum absolute atomic E-state index is 0. The lowest BCUT2D eigenvalue weighted by atomic mass is 10.2.